The van der Waals surface area contributed by atoms with Gasteiger partial charge >= 0.3 is 0 Å². The van der Waals surface area contributed by atoms with Crippen LogP contribution in [0, 0.1) is 0 Å². The SMILES string of the molecule is CC(C)(C)c1ccc2c(c1)c1cc(C(C)(C)C)ccc1n2-c1cc(Cl)cc(Sc2ccc3c(c2)C2(c4ccccc4-3)c3ccccc3-c3ccc(Sc4cc(Cl)cc(-n5c6ccc(C(C)(C)C)cc6c6cc(C(C)(C)C)ccc65)c4)cc32)c1. The zero-order valence-electron chi connectivity index (χ0n) is 49.4. The van der Waals surface area contributed by atoms with Gasteiger partial charge in [0.05, 0.1) is 27.5 Å². The van der Waals surface area contributed by atoms with Gasteiger partial charge in [0.25, 0.3) is 0 Å². The van der Waals surface area contributed by atoms with Gasteiger partial charge in [-0.2, -0.15) is 0 Å². The summed E-state index contributed by atoms with van der Waals surface area (Å²) in [5.41, 5.74) is 21.9. The van der Waals surface area contributed by atoms with E-state index in [-0.39, 0.29) is 21.7 Å². The topological polar surface area (TPSA) is 9.86 Å². The number of halogens is 2. The highest BCUT2D eigenvalue weighted by Crippen LogP contribution is 2.64. The maximum Gasteiger partial charge on any atom is 0.0726 e. The van der Waals surface area contributed by atoms with Crippen LogP contribution in [0.5, 0.6) is 0 Å². The second-order valence-corrected chi connectivity index (χ2v) is 30.5. The standard InChI is InChI=1S/C77H68Cl2N2S2/c1-73(2,3)45-21-29-69-61(33-45)62-34-46(74(4,5)6)22-30-70(62)80(69)51-37-49(78)39-55(41-51)82-53-25-27-59-57-17-13-15-19-65(57)77(67(59)43-53)66-20-16-14-18-58(66)60-28-26-54(44-68(60)77)83-56-40-50(79)38-52(42-56)81-71-31-23-47(75(7,8)9)35-63(71)64-36-48(76(10,11)12)24-32-72(64)81/h13-44H,1-12H3. The highest BCUT2D eigenvalue weighted by Gasteiger charge is 2.52. The van der Waals surface area contributed by atoms with Crippen molar-refractivity contribution < 1.29 is 0 Å². The maximum atomic E-state index is 7.23. The highest BCUT2D eigenvalue weighted by atomic mass is 35.5. The molecule has 1 spiro atoms. The molecule has 0 N–H and O–H groups in total. The number of aromatic nitrogens is 2. The van der Waals surface area contributed by atoms with E-state index >= 15 is 0 Å². The minimum Gasteiger partial charge on any atom is -0.309 e. The van der Waals surface area contributed by atoms with Crippen molar-refractivity contribution in [2.24, 2.45) is 0 Å². The summed E-state index contributed by atoms with van der Waals surface area (Å²) in [4.78, 5) is 4.49. The first kappa shape index (κ1) is 54.0. The average Bonchev–Trinajstić information content (AvgIpc) is 1.89. The molecule has 2 heterocycles. The van der Waals surface area contributed by atoms with E-state index in [1.54, 1.807) is 23.5 Å². The molecule has 0 saturated carbocycles. The molecule has 10 aromatic carbocycles. The molecule has 412 valence electrons. The Morgan fingerprint density at radius 3 is 0.940 bits per heavy atom. The number of benzene rings is 10. The van der Waals surface area contributed by atoms with Crippen molar-refractivity contribution in [3.05, 3.63) is 249 Å². The average molecular weight is 1160 g/mol. The van der Waals surface area contributed by atoms with E-state index in [0.29, 0.717) is 10.0 Å². The van der Waals surface area contributed by atoms with Gasteiger partial charge in [-0.3, -0.25) is 0 Å². The van der Waals surface area contributed by atoms with Gasteiger partial charge < -0.3 is 9.13 Å². The Labute approximate surface area is 507 Å². The lowest BCUT2D eigenvalue weighted by atomic mass is 9.70. The van der Waals surface area contributed by atoms with Crippen molar-refractivity contribution in [2.45, 2.75) is 130 Å². The molecular weight excluding hydrogens is 1090 g/mol. The first-order valence-corrected chi connectivity index (χ1v) is 31.5. The molecule has 0 amide bonds. The van der Waals surface area contributed by atoms with E-state index in [1.165, 1.54) is 110 Å². The van der Waals surface area contributed by atoms with Crippen molar-refractivity contribution >= 4 is 90.3 Å². The van der Waals surface area contributed by atoms with E-state index in [0.717, 1.165) is 31.0 Å². The molecule has 0 fully saturated rings. The molecular formula is C77H68Cl2N2S2. The summed E-state index contributed by atoms with van der Waals surface area (Å²) in [6.45, 7) is 27.5. The molecule has 0 saturated heterocycles. The minimum absolute atomic E-state index is 0.0104. The van der Waals surface area contributed by atoms with Crippen LogP contribution in [-0.2, 0) is 27.1 Å². The van der Waals surface area contributed by atoms with Crippen molar-refractivity contribution in [3.63, 3.8) is 0 Å². The van der Waals surface area contributed by atoms with E-state index < -0.39 is 5.41 Å². The molecule has 2 aliphatic carbocycles. The molecule has 83 heavy (non-hydrogen) atoms. The monoisotopic (exact) mass is 1150 g/mol. The van der Waals surface area contributed by atoms with E-state index in [2.05, 4.69) is 286 Å². The van der Waals surface area contributed by atoms with Crippen molar-refractivity contribution in [1.82, 2.24) is 9.13 Å². The molecule has 0 unspecified atom stereocenters. The summed E-state index contributed by atoms with van der Waals surface area (Å²) in [5.74, 6) is 0. The normalized spacial score (nSPS) is 13.9. The molecule has 0 bridgehead atoms. The van der Waals surface area contributed by atoms with Gasteiger partial charge in [0.2, 0.25) is 0 Å². The van der Waals surface area contributed by atoms with Crippen LogP contribution in [0.25, 0.3) is 77.2 Å². The summed E-state index contributed by atoms with van der Waals surface area (Å²) in [6, 6.07) is 73.6. The van der Waals surface area contributed by atoms with Crippen LogP contribution in [0.1, 0.15) is 128 Å². The predicted molar refractivity (Wildman–Crippen MR) is 357 cm³/mol. The third-order valence-corrected chi connectivity index (χ3v) is 20.1. The lowest BCUT2D eigenvalue weighted by Crippen LogP contribution is -2.26. The van der Waals surface area contributed by atoms with E-state index in [4.69, 9.17) is 23.2 Å². The van der Waals surface area contributed by atoms with Crippen LogP contribution in [-0.4, -0.2) is 9.13 Å². The van der Waals surface area contributed by atoms with Gasteiger partial charge in [-0.05, 0) is 198 Å². The second-order valence-electron chi connectivity index (χ2n) is 27.3. The van der Waals surface area contributed by atoms with Crippen LogP contribution >= 0.6 is 46.7 Å². The van der Waals surface area contributed by atoms with E-state index in [1.807, 2.05) is 0 Å². The third kappa shape index (κ3) is 8.83. The molecule has 0 radical (unpaired) electrons. The van der Waals surface area contributed by atoms with Gasteiger partial charge in [0.15, 0.2) is 0 Å². The second kappa shape index (κ2) is 19.0. The molecule has 0 aliphatic heterocycles. The third-order valence-electron chi connectivity index (χ3n) is 17.7. The first-order valence-electron chi connectivity index (χ1n) is 29.1. The Hall–Kier alpha value is -6.92. The lowest BCUT2D eigenvalue weighted by molar-refractivity contribution is 0.590. The van der Waals surface area contributed by atoms with E-state index in [9.17, 15) is 0 Å². The van der Waals surface area contributed by atoms with Crippen LogP contribution in [0.4, 0.5) is 0 Å². The van der Waals surface area contributed by atoms with Crippen LogP contribution in [0.2, 0.25) is 10.0 Å². The molecule has 0 atom stereocenters. The predicted octanol–water partition coefficient (Wildman–Crippen LogP) is 23.0. The quantitative estimate of drug-likeness (QED) is 0.164. The Morgan fingerprint density at radius 2 is 0.614 bits per heavy atom. The molecule has 6 heteroatoms. The fraction of sp³-hybridized carbons (Fsp3) is 0.221. The fourth-order valence-corrected chi connectivity index (χ4v) is 15.9. The molecule has 12 aromatic rings. The number of fused-ring (bicyclic) bond motifs is 16. The smallest absolute Gasteiger partial charge is 0.0726 e. The van der Waals surface area contributed by atoms with Gasteiger partial charge in [-0.1, -0.05) is 215 Å². The van der Waals surface area contributed by atoms with Crippen molar-refractivity contribution in [1.29, 1.82) is 0 Å². The van der Waals surface area contributed by atoms with Crippen molar-refractivity contribution in [3.8, 4) is 33.6 Å². The largest absolute Gasteiger partial charge is 0.309 e. The zero-order valence-corrected chi connectivity index (χ0v) is 52.6. The number of nitrogens with zero attached hydrogens (tertiary/aromatic N) is 2. The van der Waals surface area contributed by atoms with Gasteiger partial charge in [0, 0.05) is 62.5 Å². The fourth-order valence-electron chi connectivity index (χ4n) is 13.4. The van der Waals surface area contributed by atoms with Crippen LogP contribution < -0.4 is 0 Å². The Kier molecular flexibility index (Phi) is 12.4. The highest BCUT2D eigenvalue weighted by molar-refractivity contribution is 7.99. The summed E-state index contributed by atoms with van der Waals surface area (Å²) < 4.78 is 4.82. The van der Waals surface area contributed by atoms with Gasteiger partial charge in [-0.25, -0.2) is 0 Å². The first-order chi connectivity index (χ1) is 39.4. The number of hydrogen-bond donors (Lipinski definition) is 0. The van der Waals surface area contributed by atoms with Gasteiger partial charge in [0.1, 0.15) is 0 Å². The summed E-state index contributed by atoms with van der Waals surface area (Å²) >= 11 is 18.0. The van der Waals surface area contributed by atoms with Crippen LogP contribution in [0.15, 0.2) is 214 Å². The van der Waals surface area contributed by atoms with Crippen LogP contribution in [0.3, 0.4) is 0 Å². The molecule has 2 nitrogen and oxygen atoms in total. The minimum atomic E-state index is -0.550. The summed E-state index contributed by atoms with van der Waals surface area (Å²) in [6.07, 6.45) is 0. The Balaban J connectivity index is 0.874. The molecule has 14 rings (SSSR count). The molecule has 2 aliphatic rings. The van der Waals surface area contributed by atoms with Crippen molar-refractivity contribution in [2.75, 3.05) is 0 Å². The Morgan fingerprint density at radius 1 is 0.301 bits per heavy atom. The number of hydrogen-bond acceptors (Lipinski definition) is 2. The summed E-state index contributed by atoms with van der Waals surface area (Å²) in [7, 11) is 0. The van der Waals surface area contributed by atoms with Gasteiger partial charge in [-0.15, -0.1) is 0 Å². The lowest BCUT2D eigenvalue weighted by Gasteiger charge is -2.31. The summed E-state index contributed by atoms with van der Waals surface area (Å²) in [5, 5.41) is 6.45. The zero-order chi connectivity index (χ0) is 57.9. The molecule has 2 aromatic heterocycles. The Bertz CT molecular complexity index is 4250. The maximum absolute atomic E-state index is 7.23. The number of rotatable bonds is 6.